The van der Waals surface area contributed by atoms with Crippen molar-refractivity contribution in [1.29, 1.82) is 0 Å². The minimum Gasteiger partial charge on any atom is -0.482 e. The van der Waals surface area contributed by atoms with Crippen LogP contribution in [0.3, 0.4) is 0 Å². The maximum absolute atomic E-state index is 12.9. The van der Waals surface area contributed by atoms with Crippen molar-refractivity contribution in [2.45, 2.75) is 32.3 Å². The van der Waals surface area contributed by atoms with E-state index in [0.29, 0.717) is 16.4 Å². The number of pyridine rings is 1. The van der Waals surface area contributed by atoms with Crippen molar-refractivity contribution < 1.29 is 28.9 Å². The number of nitrogens with one attached hydrogen (secondary N) is 2. The lowest BCUT2D eigenvalue weighted by Gasteiger charge is -2.21. The molecule has 9 nitrogen and oxygen atoms in total. The molecule has 4 rings (SSSR count). The Balaban J connectivity index is 0.00000361. The number of hydrogen-bond acceptors (Lipinski definition) is 8. The molecule has 0 fully saturated rings. The second-order valence-corrected chi connectivity index (χ2v) is 8.94. The van der Waals surface area contributed by atoms with Gasteiger partial charge >= 0.3 is 5.97 Å². The maximum Gasteiger partial charge on any atom is 0.373 e. The molecule has 36 heavy (non-hydrogen) atoms. The van der Waals surface area contributed by atoms with Gasteiger partial charge in [-0.05, 0) is 54.8 Å². The zero-order valence-corrected chi connectivity index (χ0v) is 21.3. The van der Waals surface area contributed by atoms with Crippen LogP contribution in [0.1, 0.15) is 38.7 Å². The van der Waals surface area contributed by atoms with E-state index in [0.717, 1.165) is 25.1 Å². The first-order valence-electron chi connectivity index (χ1n) is 11.3. The summed E-state index contributed by atoms with van der Waals surface area (Å²) in [4.78, 5) is 30.2. The zero-order chi connectivity index (χ0) is 24.6. The molecule has 3 heterocycles. The predicted molar refractivity (Wildman–Crippen MR) is 137 cm³/mol. The van der Waals surface area contributed by atoms with Gasteiger partial charge in [0.2, 0.25) is 0 Å². The third-order valence-corrected chi connectivity index (χ3v) is 6.58. The number of carboxylic acid groups (broad SMARTS) is 1. The van der Waals surface area contributed by atoms with Gasteiger partial charge in [0, 0.05) is 30.8 Å². The summed E-state index contributed by atoms with van der Waals surface area (Å²) in [6.45, 7) is 3.84. The highest BCUT2D eigenvalue weighted by molar-refractivity contribution is 7.14. The van der Waals surface area contributed by atoms with Gasteiger partial charge in [-0.2, -0.15) is 0 Å². The Bertz CT molecular complexity index is 1120. The number of aliphatic carboxylic acids is 1. The summed E-state index contributed by atoms with van der Waals surface area (Å²) >= 11 is 1.53. The molecule has 0 saturated carbocycles. The van der Waals surface area contributed by atoms with E-state index < -0.39 is 18.4 Å². The van der Waals surface area contributed by atoms with Gasteiger partial charge in [0.1, 0.15) is 17.6 Å². The fourth-order valence-electron chi connectivity index (χ4n) is 3.64. The SMILES string of the molecule is CCOC(Oc1ccc(C(CNC(=O)c2cc3c(s2)CCNC3)Oc2cccnc2)cc1)C(=O)O.Cl. The molecule has 0 aliphatic carbocycles. The highest BCUT2D eigenvalue weighted by Gasteiger charge is 2.22. The molecule has 0 saturated heterocycles. The Hall–Kier alpha value is -3.18. The van der Waals surface area contributed by atoms with E-state index >= 15 is 0 Å². The van der Waals surface area contributed by atoms with Gasteiger partial charge < -0.3 is 30.0 Å². The second-order valence-electron chi connectivity index (χ2n) is 7.80. The average Bonchev–Trinajstić information content (AvgIpc) is 3.32. The molecule has 2 atom stereocenters. The summed E-state index contributed by atoms with van der Waals surface area (Å²) in [5.41, 5.74) is 1.95. The average molecular weight is 534 g/mol. The third kappa shape index (κ3) is 7.17. The molecule has 1 amide bonds. The highest BCUT2D eigenvalue weighted by Crippen LogP contribution is 2.26. The molecule has 1 aliphatic rings. The first-order chi connectivity index (χ1) is 17.0. The van der Waals surface area contributed by atoms with Crippen molar-refractivity contribution in [1.82, 2.24) is 15.6 Å². The van der Waals surface area contributed by atoms with Crippen LogP contribution < -0.4 is 20.1 Å². The molecule has 3 aromatic rings. The highest BCUT2D eigenvalue weighted by atomic mass is 35.5. The zero-order valence-electron chi connectivity index (χ0n) is 19.6. The summed E-state index contributed by atoms with van der Waals surface area (Å²) in [5.74, 6) is -0.448. The maximum atomic E-state index is 12.9. The number of rotatable bonds is 11. The number of benzene rings is 1. The number of halogens is 1. The Morgan fingerprint density at radius 1 is 1.19 bits per heavy atom. The second kappa shape index (κ2) is 13.2. The number of amides is 1. The molecule has 1 aliphatic heterocycles. The smallest absolute Gasteiger partial charge is 0.373 e. The third-order valence-electron chi connectivity index (χ3n) is 5.34. The predicted octanol–water partition coefficient (Wildman–Crippen LogP) is 3.59. The molecule has 0 bridgehead atoms. The fourth-order valence-corrected chi connectivity index (χ4v) is 4.74. The summed E-state index contributed by atoms with van der Waals surface area (Å²) in [6, 6.07) is 12.3. The van der Waals surface area contributed by atoms with Crippen LogP contribution in [0.25, 0.3) is 0 Å². The topological polar surface area (TPSA) is 119 Å². The Labute approximate surface area is 219 Å². The number of carbonyl (C=O) groups excluding carboxylic acids is 1. The quantitative estimate of drug-likeness (QED) is 0.320. The lowest BCUT2D eigenvalue weighted by molar-refractivity contribution is -0.170. The van der Waals surface area contributed by atoms with Crippen LogP contribution in [-0.2, 0) is 22.5 Å². The number of carboxylic acids is 1. The van der Waals surface area contributed by atoms with E-state index in [4.69, 9.17) is 14.2 Å². The van der Waals surface area contributed by atoms with Crippen LogP contribution in [0, 0.1) is 0 Å². The van der Waals surface area contributed by atoms with Crippen molar-refractivity contribution in [2.24, 2.45) is 0 Å². The summed E-state index contributed by atoms with van der Waals surface area (Å²) in [6.07, 6.45) is 2.29. The standard InChI is InChI=1S/C25H27N3O6S.ClH/c1-2-32-25(24(30)31)34-18-7-5-16(6-8-18)20(33-19-4-3-10-26-14-19)15-28-23(29)22-12-17-13-27-11-9-21(17)35-22;/h3-8,10,12,14,20,25,27H,2,9,11,13,15H2,1H3,(H,28,29)(H,30,31);1H. The largest absolute Gasteiger partial charge is 0.482 e. The molecule has 2 unspecified atom stereocenters. The lowest BCUT2D eigenvalue weighted by atomic mass is 10.1. The molecule has 0 radical (unpaired) electrons. The van der Waals surface area contributed by atoms with Crippen molar-refractivity contribution in [3.05, 3.63) is 75.7 Å². The molecule has 192 valence electrons. The Morgan fingerprint density at radius 3 is 2.67 bits per heavy atom. The van der Waals surface area contributed by atoms with Gasteiger partial charge in [0.15, 0.2) is 0 Å². The summed E-state index contributed by atoms with van der Waals surface area (Å²) in [7, 11) is 0. The number of fused-ring (bicyclic) bond motifs is 1. The molecule has 0 spiro atoms. The minimum atomic E-state index is -1.39. The van der Waals surface area contributed by atoms with Crippen LogP contribution in [0.2, 0.25) is 0 Å². The summed E-state index contributed by atoms with van der Waals surface area (Å²) in [5, 5.41) is 15.5. The molecule has 2 aromatic heterocycles. The Morgan fingerprint density at radius 2 is 2.00 bits per heavy atom. The van der Waals surface area contributed by atoms with Crippen molar-refractivity contribution >= 4 is 35.6 Å². The van der Waals surface area contributed by atoms with Crippen LogP contribution in [-0.4, -0.2) is 48.0 Å². The van der Waals surface area contributed by atoms with Crippen LogP contribution in [0.5, 0.6) is 11.5 Å². The first kappa shape index (κ1) is 27.4. The minimum absolute atomic E-state index is 0. The van der Waals surface area contributed by atoms with E-state index in [2.05, 4.69) is 15.6 Å². The molecular weight excluding hydrogens is 506 g/mol. The number of hydrogen-bond donors (Lipinski definition) is 3. The number of aromatic nitrogens is 1. The van der Waals surface area contributed by atoms with Crippen molar-refractivity contribution in [2.75, 3.05) is 19.7 Å². The van der Waals surface area contributed by atoms with Crippen molar-refractivity contribution in [3.8, 4) is 11.5 Å². The number of ether oxygens (including phenoxy) is 3. The van der Waals surface area contributed by atoms with Gasteiger partial charge in [0.25, 0.3) is 12.2 Å². The molecule has 11 heteroatoms. The molecular formula is C25H28ClN3O6S. The van der Waals surface area contributed by atoms with Crippen molar-refractivity contribution in [3.63, 3.8) is 0 Å². The van der Waals surface area contributed by atoms with Crippen LogP contribution in [0.4, 0.5) is 0 Å². The fraction of sp³-hybridized carbons (Fsp3) is 0.320. The van der Waals surface area contributed by atoms with Gasteiger partial charge in [-0.25, -0.2) is 4.79 Å². The van der Waals surface area contributed by atoms with Gasteiger partial charge in [-0.3, -0.25) is 9.78 Å². The monoisotopic (exact) mass is 533 g/mol. The van der Waals surface area contributed by atoms with Gasteiger partial charge in [-0.1, -0.05) is 12.1 Å². The van der Waals surface area contributed by atoms with E-state index in [9.17, 15) is 14.7 Å². The summed E-state index contributed by atoms with van der Waals surface area (Å²) < 4.78 is 16.6. The van der Waals surface area contributed by atoms with E-state index in [1.807, 2.05) is 6.07 Å². The van der Waals surface area contributed by atoms with Gasteiger partial charge in [-0.15, -0.1) is 23.7 Å². The Kier molecular flexibility index (Phi) is 10.1. The van der Waals surface area contributed by atoms with E-state index in [1.165, 1.54) is 21.8 Å². The van der Waals surface area contributed by atoms with E-state index in [-0.39, 0.29) is 31.5 Å². The van der Waals surface area contributed by atoms with Crippen LogP contribution in [0.15, 0.2) is 54.9 Å². The molecule has 1 aromatic carbocycles. The van der Waals surface area contributed by atoms with Crippen LogP contribution >= 0.6 is 23.7 Å². The first-order valence-corrected chi connectivity index (χ1v) is 12.1. The number of thiophene rings is 1. The van der Waals surface area contributed by atoms with Gasteiger partial charge in [0.05, 0.1) is 17.6 Å². The number of carbonyl (C=O) groups is 2. The lowest BCUT2D eigenvalue weighted by Crippen LogP contribution is -2.30. The molecule has 3 N–H and O–H groups in total. The normalized spacial score (nSPS) is 14.0. The number of nitrogens with zero attached hydrogens (tertiary/aromatic N) is 1. The van der Waals surface area contributed by atoms with E-state index in [1.54, 1.807) is 55.7 Å².